The maximum absolute atomic E-state index is 11.1. The molecule has 0 saturated heterocycles. The maximum Gasteiger partial charge on any atom is 0.309 e. The van der Waals surface area contributed by atoms with Crippen LogP contribution >= 0.6 is 0 Å². The zero-order chi connectivity index (χ0) is 12.1. The number of esters is 1. The molecule has 0 bridgehead atoms. The lowest BCUT2D eigenvalue weighted by Crippen LogP contribution is -2.15. The summed E-state index contributed by atoms with van der Waals surface area (Å²) < 4.78 is 4.53. The fourth-order valence-corrected chi connectivity index (χ4v) is 1.35. The predicted molar refractivity (Wildman–Crippen MR) is 57.8 cm³/mol. The average molecular weight is 225 g/mol. The van der Waals surface area contributed by atoms with Crippen LogP contribution in [0.5, 0.6) is 5.75 Å². The van der Waals surface area contributed by atoms with E-state index in [1.807, 2.05) is 0 Å². The molecule has 5 nitrogen and oxygen atoms in total. The minimum atomic E-state index is -0.655. The molecule has 0 fully saturated rings. The molecule has 4 N–H and O–H groups in total. The minimum absolute atomic E-state index is 0.00941. The molecule has 0 heterocycles. The van der Waals surface area contributed by atoms with Gasteiger partial charge in [-0.1, -0.05) is 6.07 Å². The molecular formula is C11H15NO4. The Labute approximate surface area is 93.5 Å². The summed E-state index contributed by atoms with van der Waals surface area (Å²) in [5.74, 6) is -0.357. The monoisotopic (exact) mass is 225 g/mol. The van der Waals surface area contributed by atoms with Gasteiger partial charge in [0, 0.05) is 5.56 Å². The molecule has 0 aliphatic rings. The molecule has 88 valence electrons. The van der Waals surface area contributed by atoms with E-state index in [9.17, 15) is 9.90 Å². The third kappa shape index (κ3) is 2.95. The second-order valence-corrected chi connectivity index (χ2v) is 3.44. The predicted octanol–water partition coefficient (Wildman–Crippen LogP) is 0.0998. The summed E-state index contributed by atoms with van der Waals surface area (Å²) in [5, 5.41) is 18.4. The van der Waals surface area contributed by atoms with E-state index in [1.54, 1.807) is 12.1 Å². The largest absolute Gasteiger partial charge is 0.508 e. The first-order valence-electron chi connectivity index (χ1n) is 4.83. The SMILES string of the molecule is COC(=O)Cc1ccc(O)c([C@H](N)CO)c1. The fraction of sp³-hybridized carbons (Fsp3) is 0.364. The van der Waals surface area contributed by atoms with E-state index >= 15 is 0 Å². The maximum atomic E-state index is 11.1. The molecule has 0 aromatic heterocycles. The van der Waals surface area contributed by atoms with E-state index in [-0.39, 0.29) is 24.7 Å². The molecule has 0 unspecified atom stereocenters. The molecule has 1 aromatic rings. The van der Waals surface area contributed by atoms with Crippen LogP contribution in [0.2, 0.25) is 0 Å². The van der Waals surface area contributed by atoms with Crippen molar-refractivity contribution in [2.75, 3.05) is 13.7 Å². The number of carbonyl (C=O) groups excluding carboxylic acids is 1. The van der Waals surface area contributed by atoms with Crippen LogP contribution in [0.25, 0.3) is 0 Å². The summed E-state index contributed by atoms with van der Waals surface area (Å²) in [4.78, 5) is 11.1. The second kappa shape index (κ2) is 5.48. The van der Waals surface area contributed by atoms with Gasteiger partial charge in [0.15, 0.2) is 0 Å². The second-order valence-electron chi connectivity index (χ2n) is 3.44. The Kier molecular flexibility index (Phi) is 4.28. The molecule has 0 aliphatic carbocycles. The molecule has 0 spiro atoms. The van der Waals surface area contributed by atoms with Gasteiger partial charge in [0.05, 0.1) is 26.2 Å². The molecule has 16 heavy (non-hydrogen) atoms. The Morgan fingerprint density at radius 2 is 2.25 bits per heavy atom. The number of phenols is 1. The van der Waals surface area contributed by atoms with Gasteiger partial charge in [-0.15, -0.1) is 0 Å². The van der Waals surface area contributed by atoms with E-state index < -0.39 is 6.04 Å². The lowest BCUT2D eigenvalue weighted by Gasteiger charge is -2.12. The van der Waals surface area contributed by atoms with Crippen molar-refractivity contribution in [2.45, 2.75) is 12.5 Å². The molecular weight excluding hydrogens is 210 g/mol. The van der Waals surface area contributed by atoms with Crippen LogP contribution in [0.4, 0.5) is 0 Å². The lowest BCUT2D eigenvalue weighted by molar-refractivity contribution is -0.139. The third-order valence-corrected chi connectivity index (χ3v) is 2.26. The van der Waals surface area contributed by atoms with Crippen molar-refractivity contribution in [3.63, 3.8) is 0 Å². The van der Waals surface area contributed by atoms with Gasteiger partial charge >= 0.3 is 5.97 Å². The van der Waals surface area contributed by atoms with E-state index in [2.05, 4.69) is 4.74 Å². The van der Waals surface area contributed by atoms with Gasteiger partial charge < -0.3 is 20.7 Å². The molecule has 0 saturated carbocycles. The summed E-state index contributed by atoms with van der Waals surface area (Å²) in [6.07, 6.45) is 0.113. The first-order valence-corrected chi connectivity index (χ1v) is 4.83. The van der Waals surface area contributed by atoms with Crippen LogP contribution in [0, 0.1) is 0 Å². The fourth-order valence-electron chi connectivity index (χ4n) is 1.35. The Morgan fingerprint density at radius 3 is 2.81 bits per heavy atom. The number of hydrogen-bond donors (Lipinski definition) is 3. The van der Waals surface area contributed by atoms with Gasteiger partial charge in [0.2, 0.25) is 0 Å². The Morgan fingerprint density at radius 1 is 1.56 bits per heavy atom. The van der Waals surface area contributed by atoms with Crippen LogP contribution < -0.4 is 5.73 Å². The number of benzene rings is 1. The van der Waals surface area contributed by atoms with Gasteiger partial charge in [0.1, 0.15) is 5.75 Å². The molecule has 5 heteroatoms. The minimum Gasteiger partial charge on any atom is -0.508 e. The number of aliphatic hydroxyl groups is 1. The van der Waals surface area contributed by atoms with Crippen molar-refractivity contribution < 1.29 is 19.7 Å². The quantitative estimate of drug-likeness (QED) is 0.632. The van der Waals surface area contributed by atoms with Crippen molar-refractivity contribution in [1.29, 1.82) is 0 Å². The van der Waals surface area contributed by atoms with Gasteiger partial charge in [-0.2, -0.15) is 0 Å². The number of aliphatic hydroxyl groups excluding tert-OH is 1. The summed E-state index contributed by atoms with van der Waals surface area (Å²) >= 11 is 0. The van der Waals surface area contributed by atoms with Crippen LogP contribution in [-0.2, 0) is 16.0 Å². The first kappa shape index (κ1) is 12.5. The van der Waals surface area contributed by atoms with Crippen molar-refractivity contribution in [1.82, 2.24) is 0 Å². The topological polar surface area (TPSA) is 92.8 Å². The number of phenolic OH excluding ortho intramolecular Hbond substituents is 1. The van der Waals surface area contributed by atoms with Gasteiger partial charge in [-0.25, -0.2) is 0 Å². The van der Waals surface area contributed by atoms with E-state index in [4.69, 9.17) is 10.8 Å². The first-order chi connectivity index (χ1) is 7.58. The lowest BCUT2D eigenvalue weighted by atomic mass is 10.0. The summed E-state index contributed by atoms with van der Waals surface area (Å²) in [6.45, 7) is -0.269. The summed E-state index contributed by atoms with van der Waals surface area (Å²) in [5.41, 5.74) is 6.71. The Hall–Kier alpha value is -1.59. The normalized spacial score (nSPS) is 12.2. The van der Waals surface area contributed by atoms with Crippen molar-refractivity contribution in [2.24, 2.45) is 5.73 Å². The smallest absolute Gasteiger partial charge is 0.309 e. The third-order valence-electron chi connectivity index (χ3n) is 2.26. The molecule has 0 aliphatic heterocycles. The van der Waals surface area contributed by atoms with Gasteiger partial charge in [-0.3, -0.25) is 4.79 Å². The van der Waals surface area contributed by atoms with Crippen molar-refractivity contribution >= 4 is 5.97 Å². The van der Waals surface area contributed by atoms with Crippen LogP contribution in [-0.4, -0.2) is 29.9 Å². The number of hydrogen-bond acceptors (Lipinski definition) is 5. The highest BCUT2D eigenvalue weighted by Crippen LogP contribution is 2.24. The number of carbonyl (C=O) groups is 1. The van der Waals surface area contributed by atoms with Crippen LogP contribution in [0.3, 0.4) is 0 Å². The van der Waals surface area contributed by atoms with Crippen LogP contribution in [0.15, 0.2) is 18.2 Å². The van der Waals surface area contributed by atoms with E-state index in [0.29, 0.717) is 11.1 Å². The number of rotatable bonds is 4. The van der Waals surface area contributed by atoms with Crippen molar-refractivity contribution in [3.8, 4) is 5.75 Å². The number of nitrogens with two attached hydrogens (primary N) is 1. The highest BCUT2D eigenvalue weighted by molar-refractivity contribution is 5.72. The molecule has 1 aromatic carbocycles. The van der Waals surface area contributed by atoms with Crippen molar-refractivity contribution in [3.05, 3.63) is 29.3 Å². The summed E-state index contributed by atoms with van der Waals surface area (Å²) in [6, 6.07) is 3.99. The standard InChI is InChI=1S/C11H15NO4/c1-16-11(15)5-7-2-3-10(14)8(4-7)9(12)6-13/h2-4,9,13-14H,5-6,12H2,1H3/t9-/m1/s1. The van der Waals surface area contributed by atoms with Crippen LogP contribution in [0.1, 0.15) is 17.2 Å². The number of aromatic hydroxyl groups is 1. The average Bonchev–Trinajstić information content (AvgIpc) is 2.30. The molecule has 0 amide bonds. The van der Waals surface area contributed by atoms with Gasteiger partial charge in [0.25, 0.3) is 0 Å². The zero-order valence-electron chi connectivity index (χ0n) is 9.01. The highest BCUT2D eigenvalue weighted by atomic mass is 16.5. The number of ether oxygens (including phenoxy) is 1. The zero-order valence-corrected chi connectivity index (χ0v) is 9.01. The summed E-state index contributed by atoms with van der Waals surface area (Å²) in [7, 11) is 1.31. The molecule has 1 rings (SSSR count). The number of methoxy groups -OCH3 is 1. The van der Waals surface area contributed by atoms with Gasteiger partial charge in [-0.05, 0) is 17.7 Å². The van der Waals surface area contributed by atoms with E-state index in [0.717, 1.165) is 0 Å². The molecule has 0 radical (unpaired) electrons. The Bertz CT molecular complexity index is 378. The highest BCUT2D eigenvalue weighted by Gasteiger charge is 2.12. The molecule has 1 atom stereocenters. The Balaban J connectivity index is 2.93. The van der Waals surface area contributed by atoms with E-state index in [1.165, 1.54) is 13.2 Å².